The number of nitrogens with zero attached hydrogens (tertiary/aromatic N) is 1. The molecular weight excluding hydrogens is 450 g/mol. The monoisotopic (exact) mass is 467 g/mol. The first-order valence-electron chi connectivity index (χ1n) is 8.77. The first kappa shape index (κ1) is 20.5. The van der Waals surface area contributed by atoms with Crippen LogP contribution in [0.5, 0.6) is 11.5 Å². The minimum absolute atomic E-state index is 0.109. The molecule has 0 unspecified atom stereocenters. The fraction of sp³-hybridized carbons (Fsp3) is 0.300. The van der Waals surface area contributed by atoms with Gasteiger partial charge in [0.2, 0.25) is 0 Å². The standard InChI is InChI=1S/C20H19BrClNO5/c1-2-26-19(24)9-13-7-16(22)11-17(8-13)28-18-4-3-15(21)10-14(18)12-23-5-6-27-20(23)25/h3-4,7-8,10-11H,2,5-6,9,12H2,1H3. The summed E-state index contributed by atoms with van der Waals surface area (Å²) < 4.78 is 16.9. The lowest BCUT2D eigenvalue weighted by Crippen LogP contribution is -2.23. The van der Waals surface area contributed by atoms with Crippen LogP contribution in [0.2, 0.25) is 5.02 Å². The van der Waals surface area contributed by atoms with Crippen molar-refractivity contribution in [3.05, 3.63) is 57.0 Å². The predicted octanol–water partition coefficient (Wildman–Crippen LogP) is 4.95. The molecule has 148 valence electrons. The molecule has 0 saturated carbocycles. The van der Waals surface area contributed by atoms with Gasteiger partial charge < -0.3 is 19.1 Å². The molecule has 0 bridgehead atoms. The fourth-order valence-corrected chi connectivity index (χ4v) is 3.49. The van der Waals surface area contributed by atoms with Gasteiger partial charge in [0, 0.05) is 15.1 Å². The third-order valence-electron chi connectivity index (χ3n) is 4.04. The fourth-order valence-electron chi connectivity index (χ4n) is 2.83. The summed E-state index contributed by atoms with van der Waals surface area (Å²) in [7, 11) is 0. The van der Waals surface area contributed by atoms with Gasteiger partial charge in [-0.05, 0) is 48.9 Å². The Hall–Kier alpha value is -2.25. The molecule has 0 aliphatic carbocycles. The highest BCUT2D eigenvalue weighted by molar-refractivity contribution is 9.10. The molecule has 0 radical (unpaired) electrons. The van der Waals surface area contributed by atoms with Crippen molar-refractivity contribution in [2.45, 2.75) is 19.9 Å². The molecular formula is C20H19BrClNO5. The molecule has 0 atom stereocenters. The smallest absolute Gasteiger partial charge is 0.410 e. The molecule has 0 N–H and O–H groups in total. The average Bonchev–Trinajstić information content (AvgIpc) is 3.02. The van der Waals surface area contributed by atoms with Gasteiger partial charge in [-0.15, -0.1) is 0 Å². The van der Waals surface area contributed by atoms with Crippen molar-refractivity contribution in [2.75, 3.05) is 19.8 Å². The zero-order valence-corrected chi connectivity index (χ0v) is 17.6. The lowest BCUT2D eigenvalue weighted by Gasteiger charge is -2.17. The molecule has 1 aliphatic heterocycles. The van der Waals surface area contributed by atoms with E-state index in [2.05, 4.69) is 15.9 Å². The summed E-state index contributed by atoms with van der Waals surface area (Å²) in [6, 6.07) is 10.7. The van der Waals surface area contributed by atoms with E-state index in [1.54, 1.807) is 30.0 Å². The van der Waals surface area contributed by atoms with E-state index in [1.807, 2.05) is 18.2 Å². The zero-order valence-electron chi connectivity index (χ0n) is 15.2. The summed E-state index contributed by atoms with van der Waals surface area (Å²) in [6.45, 7) is 3.36. The Bertz CT molecular complexity index is 889. The van der Waals surface area contributed by atoms with Crippen LogP contribution >= 0.6 is 27.5 Å². The third kappa shape index (κ3) is 5.39. The number of cyclic esters (lactones) is 1. The van der Waals surface area contributed by atoms with Gasteiger partial charge in [0.25, 0.3) is 0 Å². The summed E-state index contributed by atoms with van der Waals surface area (Å²) in [6.07, 6.45) is -0.234. The first-order valence-corrected chi connectivity index (χ1v) is 9.94. The Balaban J connectivity index is 1.82. The molecule has 1 fully saturated rings. The molecule has 1 aliphatic rings. The second-order valence-corrected chi connectivity index (χ2v) is 7.52. The third-order valence-corrected chi connectivity index (χ3v) is 4.75. The molecule has 2 aromatic rings. The van der Waals surface area contributed by atoms with E-state index in [9.17, 15) is 9.59 Å². The SMILES string of the molecule is CCOC(=O)Cc1cc(Cl)cc(Oc2ccc(Br)cc2CN2CCOC2=O)c1. The van der Waals surface area contributed by atoms with E-state index >= 15 is 0 Å². The number of carbonyl (C=O) groups excluding carboxylic acids is 2. The Morgan fingerprint density at radius 1 is 1.29 bits per heavy atom. The molecule has 1 amide bonds. The van der Waals surface area contributed by atoms with Crippen molar-refractivity contribution in [2.24, 2.45) is 0 Å². The van der Waals surface area contributed by atoms with Crippen LogP contribution < -0.4 is 4.74 Å². The Kier molecular flexibility index (Phi) is 6.80. The maximum atomic E-state index is 11.8. The molecule has 28 heavy (non-hydrogen) atoms. The van der Waals surface area contributed by atoms with E-state index in [0.29, 0.717) is 48.4 Å². The van der Waals surface area contributed by atoms with E-state index in [1.165, 1.54) is 0 Å². The second-order valence-electron chi connectivity index (χ2n) is 6.17. The molecule has 2 aromatic carbocycles. The number of carbonyl (C=O) groups is 2. The maximum absolute atomic E-state index is 11.8. The molecule has 0 spiro atoms. The van der Waals surface area contributed by atoms with Crippen LogP contribution in [0.15, 0.2) is 40.9 Å². The number of benzene rings is 2. The minimum atomic E-state index is -0.342. The van der Waals surface area contributed by atoms with E-state index in [-0.39, 0.29) is 18.5 Å². The van der Waals surface area contributed by atoms with Crippen molar-refractivity contribution >= 4 is 39.6 Å². The number of amides is 1. The molecule has 1 heterocycles. The molecule has 6 nitrogen and oxygen atoms in total. The summed E-state index contributed by atoms with van der Waals surface area (Å²) in [4.78, 5) is 25.1. The van der Waals surface area contributed by atoms with Gasteiger partial charge >= 0.3 is 12.1 Å². The summed E-state index contributed by atoms with van der Waals surface area (Å²) >= 11 is 9.64. The number of esters is 1. The first-order chi connectivity index (χ1) is 13.4. The highest BCUT2D eigenvalue weighted by Crippen LogP contribution is 2.32. The zero-order chi connectivity index (χ0) is 20.1. The van der Waals surface area contributed by atoms with Gasteiger partial charge in [0.05, 0.1) is 26.1 Å². The lowest BCUT2D eigenvalue weighted by molar-refractivity contribution is -0.142. The van der Waals surface area contributed by atoms with Crippen molar-refractivity contribution in [1.82, 2.24) is 4.90 Å². The van der Waals surface area contributed by atoms with E-state index in [4.69, 9.17) is 25.8 Å². The maximum Gasteiger partial charge on any atom is 0.410 e. The van der Waals surface area contributed by atoms with Gasteiger partial charge in [-0.25, -0.2) is 4.79 Å². The van der Waals surface area contributed by atoms with Crippen LogP contribution in [0.25, 0.3) is 0 Å². The number of halogens is 2. The largest absolute Gasteiger partial charge is 0.466 e. The van der Waals surface area contributed by atoms with Gasteiger partial charge in [0.15, 0.2) is 0 Å². The molecule has 0 aromatic heterocycles. The quantitative estimate of drug-likeness (QED) is 0.538. The number of hydrogen-bond donors (Lipinski definition) is 0. The Morgan fingerprint density at radius 2 is 2.11 bits per heavy atom. The highest BCUT2D eigenvalue weighted by atomic mass is 79.9. The van der Waals surface area contributed by atoms with Crippen molar-refractivity contribution in [3.8, 4) is 11.5 Å². The van der Waals surface area contributed by atoms with Gasteiger partial charge in [-0.3, -0.25) is 4.79 Å². The molecule has 3 rings (SSSR count). The topological polar surface area (TPSA) is 65.1 Å². The number of ether oxygens (including phenoxy) is 3. The molecule has 1 saturated heterocycles. The number of hydrogen-bond acceptors (Lipinski definition) is 5. The summed E-state index contributed by atoms with van der Waals surface area (Å²) in [5, 5.41) is 0.457. The van der Waals surface area contributed by atoms with Crippen LogP contribution in [0, 0.1) is 0 Å². The van der Waals surface area contributed by atoms with Crippen LogP contribution in [0.4, 0.5) is 4.79 Å². The summed E-state index contributed by atoms with van der Waals surface area (Å²) in [5.74, 6) is 0.763. The number of rotatable bonds is 7. The van der Waals surface area contributed by atoms with Crippen molar-refractivity contribution in [1.29, 1.82) is 0 Å². The van der Waals surface area contributed by atoms with Crippen LogP contribution in [-0.2, 0) is 27.2 Å². The van der Waals surface area contributed by atoms with E-state index < -0.39 is 0 Å². The average molecular weight is 469 g/mol. The van der Waals surface area contributed by atoms with Crippen molar-refractivity contribution < 1.29 is 23.8 Å². The second kappa shape index (κ2) is 9.30. The summed E-state index contributed by atoms with van der Waals surface area (Å²) in [5.41, 5.74) is 1.52. The van der Waals surface area contributed by atoms with Crippen LogP contribution in [0.3, 0.4) is 0 Å². The lowest BCUT2D eigenvalue weighted by atomic mass is 10.1. The van der Waals surface area contributed by atoms with Crippen molar-refractivity contribution in [3.63, 3.8) is 0 Å². The van der Waals surface area contributed by atoms with Crippen LogP contribution in [0.1, 0.15) is 18.1 Å². The van der Waals surface area contributed by atoms with Gasteiger partial charge in [-0.1, -0.05) is 27.5 Å². The molecule has 8 heteroatoms. The van der Waals surface area contributed by atoms with Crippen LogP contribution in [-0.4, -0.2) is 36.7 Å². The van der Waals surface area contributed by atoms with E-state index in [0.717, 1.165) is 10.0 Å². The normalized spacial score (nSPS) is 13.4. The highest BCUT2D eigenvalue weighted by Gasteiger charge is 2.23. The Morgan fingerprint density at radius 3 is 2.82 bits per heavy atom. The van der Waals surface area contributed by atoms with Gasteiger partial charge in [0.1, 0.15) is 18.1 Å². The minimum Gasteiger partial charge on any atom is -0.466 e. The van der Waals surface area contributed by atoms with Gasteiger partial charge in [-0.2, -0.15) is 0 Å². The predicted molar refractivity (Wildman–Crippen MR) is 108 cm³/mol. The Labute approximate surface area is 176 Å².